The van der Waals surface area contributed by atoms with Gasteiger partial charge in [0.2, 0.25) is 0 Å². The van der Waals surface area contributed by atoms with Crippen molar-refractivity contribution < 1.29 is 0 Å². The summed E-state index contributed by atoms with van der Waals surface area (Å²) in [6, 6.07) is 0.546. The van der Waals surface area contributed by atoms with Crippen molar-refractivity contribution in [1.82, 2.24) is 5.32 Å². The topological polar surface area (TPSA) is 38.0 Å². The molecule has 10 heavy (non-hydrogen) atoms. The summed E-state index contributed by atoms with van der Waals surface area (Å²) in [5.41, 5.74) is 5.54. The molecule has 0 amide bonds. The summed E-state index contributed by atoms with van der Waals surface area (Å²) in [6.07, 6.45) is 3.62. The first-order valence-corrected chi connectivity index (χ1v) is 4.28. The lowest BCUT2D eigenvalue weighted by atomic mass is 10.1. The van der Waals surface area contributed by atoms with Crippen molar-refractivity contribution in [3.05, 3.63) is 0 Å². The average molecular weight is 144 g/mol. The number of rotatable bonds is 6. The van der Waals surface area contributed by atoms with Crippen LogP contribution in [0.4, 0.5) is 0 Å². The molecule has 0 saturated carbocycles. The van der Waals surface area contributed by atoms with E-state index in [4.69, 9.17) is 5.73 Å². The first-order valence-electron chi connectivity index (χ1n) is 4.28. The maximum absolute atomic E-state index is 5.54. The molecule has 3 N–H and O–H groups in total. The minimum atomic E-state index is 0.546. The van der Waals surface area contributed by atoms with E-state index in [-0.39, 0.29) is 0 Å². The van der Waals surface area contributed by atoms with Crippen molar-refractivity contribution in [1.29, 1.82) is 0 Å². The standard InChI is InChI=1S/C8H20N2/c1-3-5-8(7-9)10-6-4-2/h8,10H,3-7,9H2,1-2H3. The maximum atomic E-state index is 5.54. The van der Waals surface area contributed by atoms with E-state index in [0.29, 0.717) is 6.04 Å². The van der Waals surface area contributed by atoms with Gasteiger partial charge in [-0.25, -0.2) is 0 Å². The molecule has 0 aliphatic rings. The lowest BCUT2D eigenvalue weighted by Crippen LogP contribution is -2.36. The summed E-state index contributed by atoms with van der Waals surface area (Å²) >= 11 is 0. The van der Waals surface area contributed by atoms with E-state index in [9.17, 15) is 0 Å². The predicted octanol–water partition coefficient (Wildman–Crippen LogP) is 1.11. The SMILES string of the molecule is CCCNC(CN)CCC. The molecule has 0 aliphatic heterocycles. The lowest BCUT2D eigenvalue weighted by Gasteiger charge is -2.14. The molecule has 0 spiro atoms. The van der Waals surface area contributed by atoms with Gasteiger partial charge in [0.05, 0.1) is 0 Å². The summed E-state index contributed by atoms with van der Waals surface area (Å²) < 4.78 is 0. The molecule has 0 aromatic heterocycles. The number of nitrogens with two attached hydrogens (primary N) is 1. The van der Waals surface area contributed by atoms with Gasteiger partial charge in [0.25, 0.3) is 0 Å². The van der Waals surface area contributed by atoms with E-state index in [1.165, 1.54) is 19.3 Å². The van der Waals surface area contributed by atoms with Crippen LogP contribution in [-0.2, 0) is 0 Å². The van der Waals surface area contributed by atoms with Crippen LogP contribution in [0.5, 0.6) is 0 Å². The third-order valence-corrected chi connectivity index (χ3v) is 1.60. The fourth-order valence-electron chi connectivity index (χ4n) is 1.00. The minimum Gasteiger partial charge on any atom is -0.329 e. The molecule has 0 saturated heterocycles. The molecule has 0 heterocycles. The molecule has 1 unspecified atom stereocenters. The molecule has 0 fully saturated rings. The molecule has 1 atom stereocenters. The van der Waals surface area contributed by atoms with Crippen LogP contribution in [0, 0.1) is 0 Å². The smallest absolute Gasteiger partial charge is 0.0190 e. The van der Waals surface area contributed by atoms with E-state index >= 15 is 0 Å². The van der Waals surface area contributed by atoms with Crippen LogP contribution in [0.3, 0.4) is 0 Å². The number of nitrogens with one attached hydrogen (secondary N) is 1. The van der Waals surface area contributed by atoms with E-state index < -0.39 is 0 Å². The molecule has 62 valence electrons. The van der Waals surface area contributed by atoms with Crippen molar-refractivity contribution in [2.45, 2.75) is 39.2 Å². The van der Waals surface area contributed by atoms with E-state index in [1.54, 1.807) is 0 Å². The van der Waals surface area contributed by atoms with Crippen LogP contribution in [0.15, 0.2) is 0 Å². The Labute approximate surface area is 64.2 Å². The average Bonchev–Trinajstić information content (AvgIpc) is 1.98. The highest BCUT2D eigenvalue weighted by molar-refractivity contribution is 4.65. The van der Waals surface area contributed by atoms with Crippen molar-refractivity contribution in [2.24, 2.45) is 5.73 Å². The van der Waals surface area contributed by atoms with E-state index in [0.717, 1.165) is 13.1 Å². The second kappa shape index (κ2) is 7.03. The lowest BCUT2D eigenvalue weighted by molar-refractivity contribution is 0.483. The van der Waals surface area contributed by atoms with Crippen LogP contribution in [0.25, 0.3) is 0 Å². The summed E-state index contributed by atoms with van der Waals surface area (Å²) in [5.74, 6) is 0. The Morgan fingerprint density at radius 3 is 2.40 bits per heavy atom. The Kier molecular flexibility index (Phi) is 6.98. The highest BCUT2D eigenvalue weighted by Crippen LogP contribution is 1.93. The van der Waals surface area contributed by atoms with Gasteiger partial charge >= 0.3 is 0 Å². The zero-order chi connectivity index (χ0) is 7.82. The van der Waals surface area contributed by atoms with Gasteiger partial charge in [0, 0.05) is 12.6 Å². The van der Waals surface area contributed by atoms with Crippen LogP contribution >= 0.6 is 0 Å². The first-order chi connectivity index (χ1) is 4.85. The molecule has 0 bridgehead atoms. The molecule has 0 aromatic carbocycles. The van der Waals surface area contributed by atoms with Crippen molar-refractivity contribution in [2.75, 3.05) is 13.1 Å². The van der Waals surface area contributed by atoms with Gasteiger partial charge in [-0.05, 0) is 19.4 Å². The highest BCUT2D eigenvalue weighted by Gasteiger charge is 2.01. The van der Waals surface area contributed by atoms with Crippen LogP contribution in [0.2, 0.25) is 0 Å². The van der Waals surface area contributed by atoms with Gasteiger partial charge in [0.1, 0.15) is 0 Å². The Bertz CT molecular complexity index is 64.3. The van der Waals surface area contributed by atoms with Crippen LogP contribution in [0.1, 0.15) is 33.1 Å². The minimum absolute atomic E-state index is 0.546. The third kappa shape index (κ3) is 4.77. The molecule has 0 radical (unpaired) electrons. The van der Waals surface area contributed by atoms with Crippen molar-refractivity contribution in [3.8, 4) is 0 Å². The van der Waals surface area contributed by atoms with Crippen LogP contribution in [-0.4, -0.2) is 19.1 Å². The fraction of sp³-hybridized carbons (Fsp3) is 1.00. The summed E-state index contributed by atoms with van der Waals surface area (Å²) in [4.78, 5) is 0. The van der Waals surface area contributed by atoms with E-state index in [2.05, 4.69) is 19.2 Å². The van der Waals surface area contributed by atoms with Crippen molar-refractivity contribution >= 4 is 0 Å². The Morgan fingerprint density at radius 2 is 2.00 bits per heavy atom. The Balaban J connectivity index is 3.21. The molecule has 0 aromatic rings. The molecule has 2 nitrogen and oxygen atoms in total. The van der Waals surface area contributed by atoms with Crippen molar-refractivity contribution in [3.63, 3.8) is 0 Å². The van der Waals surface area contributed by atoms with Gasteiger partial charge in [-0.15, -0.1) is 0 Å². The molecule has 2 heteroatoms. The van der Waals surface area contributed by atoms with Gasteiger partial charge in [-0.2, -0.15) is 0 Å². The largest absolute Gasteiger partial charge is 0.329 e. The maximum Gasteiger partial charge on any atom is 0.0190 e. The third-order valence-electron chi connectivity index (χ3n) is 1.60. The summed E-state index contributed by atoms with van der Waals surface area (Å²) in [7, 11) is 0. The normalized spacial score (nSPS) is 13.5. The number of hydrogen-bond donors (Lipinski definition) is 2. The number of hydrogen-bond acceptors (Lipinski definition) is 2. The molecule has 0 aliphatic carbocycles. The van der Waals surface area contributed by atoms with Gasteiger partial charge in [-0.3, -0.25) is 0 Å². The zero-order valence-corrected chi connectivity index (χ0v) is 7.19. The van der Waals surface area contributed by atoms with Gasteiger partial charge in [-0.1, -0.05) is 20.3 Å². The second-order valence-electron chi connectivity index (χ2n) is 2.68. The summed E-state index contributed by atoms with van der Waals surface area (Å²) in [6.45, 7) is 6.23. The van der Waals surface area contributed by atoms with Crippen LogP contribution < -0.4 is 11.1 Å². The van der Waals surface area contributed by atoms with Gasteiger partial charge < -0.3 is 11.1 Å². The summed E-state index contributed by atoms with van der Waals surface area (Å²) in [5, 5.41) is 3.40. The first kappa shape index (κ1) is 9.92. The molecular formula is C8H20N2. The monoisotopic (exact) mass is 144 g/mol. The van der Waals surface area contributed by atoms with E-state index in [1.807, 2.05) is 0 Å². The zero-order valence-electron chi connectivity index (χ0n) is 7.19. The highest BCUT2D eigenvalue weighted by atomic mass is 14.9. The Hall–Kier alpha value is -0.0800. The molecule has 0 rings (SSSR count). The second-order valence-corrected chi connectivity index (χ2v) is 2.68. The van der Waals surface area contributed by atoms with Gasteiger partial charge in [0.15, 0.2) is 0 Å². The predicted molar refractivity (Wildman–Crippen MR) is 46.0 cm³/mol. The fourth-order valence-corrected chi connectivity index (χ4v) is 1.00. The molecular weight excluding hydrogens is 124 g/mol. The quantitative estimate of drug-likeness (QED) is 0.586. The Morgan fingerprint density at radius 1 is 1.30 bits per heavy atom.